The zero-order chi connectivity index (χ0) is 17.0. The maximum Gasteiger partial charge on any atom is 0.331 e. The van der Waals surface area contributed by atoms with Crippen molar-refractivity contribution in [2.45, 2.75) is 17.2 Å². The molecular formula is C11H10ClF4NO4S. The molecule has 0 bridgehead atoms. The van der Waals surface area contributed by atoms with E-state index < -0.39 is 39.9 Å². The molecule has 0 aliphatic rings. The fourth-order valence-electron chi connectivity index (χ4n) is 1.19. The lowest BCUT2D eigenvalue weighted by atomic mass is 10.3. The van der Waals surface area contributed by atoms with Crippen molar-refractivity contribution >= 4 is 33.3 Å². The van der Waals surface area contributed by atoms with Gasteiger partial charge in [-0.05, 0) is 24.3 Å². The first kappa shape index (κ1) is 18.7. The van der Waals surface area contributed by atoms with Crippen LogP contribution in [-0.4, -0.2) is 39.2 Å². The topological polar surface area (TPSA) is 72.5 Å². The number of hydrogen-bond acceptors (Lipinski definition) is 4. The third-order valence-corrected chi connectivity index (χ3v) is 3.79. The van der Waals surface area contributed by atoms with Crippen LogP contribution in [0.5, 0.6) is 0 Å². The minimum Gasteiger partial charge on any atom is -0.325 e. The monoisotopic (exact) mass is 363 g/mol. The lowest BCUT2D eigenvalue weighted by Crippen LogP contribution is -2.33. The average molecular weight is 364 g/mol. The summed E-state index contributed by atoms with van der Waals surface area (Å²) in [6.45, 7) is -1.97. The van der Waals surface area contributed by atoms with E-state index in [1.54, 1.807) is 0 Å². The van der Waals surface area contributed by atoms with Crippen molar-refractivity contribution in [3.8, 4) is 0 Å². The smallest absolute Gasteiger partial charge is 0.325 e. The Hall–Kier alpha value is -1.39. The molecule has 0 aliphatic heterocycles. The summed E-state index contributed by atoms with van der Waals surface area (Å²) in [5.41, 5.74) is 0.211. The molecule has 1 N–H and O–H groups in total. The van der Waals surface area contributed by atoms with Crippen molar-refractivity contribution < 1.29 is 35.0 Å². The van der Waals surface area contributed by atoms with E-state index in [2.05, 4.69) is 9.50 Å². The van der Waals surface area contributed by atoms with E-state index >= 15 is 0 Å². The zero-order valence-corrected chi connectivity index (χ0v) is 12.3. The van der Waals surface area contributed by atoms with Crippen molar-refractivity contribution in [1.82, 2.24) is 0 Å². The molecule has 1 amide bonds. The predicted molar refractivity (Wildman–Crippen MR) is 69.9 cm³/mol. The number of nitrogens with one attached hydrogen (secondary N) is 1. The predicted octanol–water partition coefficient (Wildman–Crippen LogP) is 2.47. The molecule has 124 valence electrons. The molecule has 5 nitrogen and oxygen atoms in total. The van der Waals surface area contributed by atoms with Gasteiger partial charge in [-0.25, -0.2) is 8.78 Å². The number of anilines is 1. The number of carbonyl (C=O) groups is 1. The van der Waals surface area contributed by atoms with Gasteiger partial charge in [0.2, 0.25) is 5.91 Å². The quantitative estimate of drug-likeness (QED) is 0.459. The number of rotatable bonds is 7. The van der Waals surface area contributed by atoms with E-state index in [0.29, 0.717) is 0 Å². The van der Waals surface area contributed by atoms with E-state index in [-0.39, 0.29) is 11.6 Å². The Kier molecular flexibility index (Phi) is 6.15. The molecule has 0 atom stereocenters. The molecule has 22 heavy (non-hydrogen) atoms. The summed E-state index contributed by atoms with van der Waals surface area (Å²) >= 11 is 5.26. The molecule has 0 fully saturated rings. The van der Waals surface area contributed by atoms with Crippen LogP contribution in [0, 0.1) is 0 Å². The highest BCUT2D eigenvalue weighted by Crippen LogP contribution is 2.25. The summed E-state index contributed by atoms with van der Waals surface area (Å²) in [5, 5.41) is 2.32. The Balaban J connectivity index is 2.80. The highest BCUT2D eigenvalue weighted by Gasteiger charge is 2.42. The molecule has 0 heterocycles. The van der Waals surface area contributed by atoms with Gasteiger partial charge in [0, 0.05) is 5.69 Å². The number of amides is 1. The first-order valence-electron chi connectivity index (χ1n) is 5.60. The van der Waals surface area contributed by atoms with Crippen LogP contribution in [0.2, 0.25) is 0 Å². The molecule has 0 aliphatic carbocycles. The third kappa shape index (κ3) is 5.11. The molecule has 0 radical (unpaired) electrons. The van der Waals surface area contributed by atoms with Crippen LogP contribution in [0.1, 0.15) is 0 Å². The van der Waals surface area contributed by atoms with Crippen molar-refractivity contribution in [3.63, 3.8) is 0 Å². The molecule has 0 unspecified atom stereocenters. The normalized spacial score (nSPS) is 12.5. The molecule has 11 heteroatoms. The van der Waals surface area contributed by atoms with Crippen molar-refractivity contribution in [1.29, 1.82) is 0 Å². The van der Waals surface area contributed by atoms with E-state index in [0.717, 1.165) is 24.3 Å². The number of carbonyl (C=O) groups excluding carboxylic acids is 1. The Morgan fingerprint density at radius 2 is 1.82 bits per heavy atom. The van der Waals surface area contributed by atoms with Crippen LogP contribution < -0.4 is 5.32 Å². The van der Waals surface area contributed by atoms with Gasteiger partial charge in [-0.2, -0.15) is 17.2 Å². The number of alkyl halides is 5. The second-order valence-corrected chi connectivity index (χ2v) is 5.87. The second-order valence-electron chi connectivity index (χ2n) is 3.98. The summed E-state index contributed by atoms with van der Waals surface area (Å²) < 4.78 is 76.2. The van der Waals surface area contributed by atoms with Gasteiger partial charge in [-0.15, -0.1) is 11.6 Å². The van der Waals surface area contributed by atoms with Gasteiger partial charge in [-0.1, -0.05) is 0 Å². The van der Waals surface area contributed by atoms with Gasteiger partial charge >= 0.3 is 12.3 Å². The Labute approximate surface area is 128 Å². The van der Waals surface area contributed by atoms with Gasteiger partial charge in [0.1, 0.15) is 12.5 Å². The molecule has 0 saturated carbocycles. The second kappa shape index (κ2) is 7.25. The van der Waals surface area contributed by atoms with E-state index in [4.69, 9.17) is 11.6 Å². The largest absolute Gasteiger partial charge is 0.331 e. The van der Waals surface area contributed by atoms with E-state index in [1.807, 2.05) is 0 Å². The molecule has 0 spiro atoms. The van der Waals surface area contributed by atoms with E-state index in [1.165, 1.54) is 0 Å². The zero-order valence-electron chi connectivity index (χ0n) is 10.7. The first-order valence-corrected chi connectivity index (χ1v) is 7.54. The summed E-state index contributed by atoms with van der Waals surface area (Å²) in [4.78, 5) is 10.5. The van der Waals surface area contributed by atoms with Gasteiger partial charge in [0.15, 0.2) is 0 Å². The summed E-state index contributed by atoms with van der Waals surface area (Å²) in [5.74, 6) is -5.43. The van der Waals surface area contributed by atoms with Crippen LogP contribution in [0.15, 0.2) is 29.2 Å². The SMILES string of the molecule is O=C(CCl)Nc1ccc(S(=O)(=O)OCC(F)(F)C(F)F)cc1. The fraction of sp³-hybridized carbons (Fsp3) is 0.364. The Morgan fingerprint density at radius 1 is 1.27 bits per heavy atom. The lowest BCUT2D eigenvalue weighted by Gasteiger charge is -2.15. The third-order valence-electron chi connectivity index (χ3n) is 2.27. The average Bonchev–Trinajstić information content (AvgIpc) is 2.45. The molecule has 1 aromatic carbocycles. The van der Waals surface area contributed by atoms with Crippen LogP contribution in [-0.2, 0) is 19.1 Å². The van der Waals surface area contributed by atoms with Gasteiger partial charge in [0.05, 0.1) is 4.90 Å². The molecule has 0 saturated heterocycles. The van der Waals surface area contributed by atoms with Crippen LogP contribution in [0.4, 0.5) is 23.2 Å². The fourth-order valence-corrected chi connectivity index (χ4v) is 2.17. The number of halogens is 5. The van der Waals surface area contributed by atoms with Crippen molar-refractivity contribution in [2.24, 2.45) is 0 Å². The molecule has 0 aromatic heterocycles. The number of benzene rings is 1. The minimum absolute atomic E-state index is 0.211. The summed E-state index contributed by atoms with van der Waals surface area (Å²) in [6.07, 6.45) is -4.05. The maximum absolute atomic E-state index is 12.6. The van der Waals surface area contributed by atoms with Crippen LogP contribution in [0.3, 0.4) is 0 Å². The lowest BCUT2D eigenvalue weighted by molar-refractivity contribution is -0.147. The summed E-state index contributed by atoms with van der Waals surface area (Å²) in [6, 6.07) is 4.23. The minimum atomic E-state index is -4.63. The Morgan fingerprint density at radius 3 is 2.27 bits per heavy atom. The first-order chi connectivity index (χ1) is 10.1. The maximum atomic E-state index is 12.6. The van der Waals surface area contributed by atoms with Gasteiger partial charge in [-0.3, -0.25) is 8.98 Å². The number of hydrogen-bond donors (Lipinski definition) is 1. The Bertz CT molecular complexity index is 621. The highest BCUT2D eigenvalue weighted by molar-refractivity contribution is 7.86. The van der Waals surface area contributed by atoms with Crippen LogP contribution >= 0.6 is 11.6 Å². The summed E-state index contributed by atoms with van der Waals surface area (Å²) in [7, 11) is -4.63. The van der Waals surface area contributed by atoms with Crippen LogP contribution in [0.25, 0.3) is 0 Å². The van der Waals surface area contributed by atoms with E-state index in [9.17, 15) is 30.8 Å². The highest BCUT2D eigenvalue weighted by atomic mass is 35.5. The van der Waals surface area contributed by atoms with Gasteiger partial charge in [0.25, 0.3) is 10.1 Å². The standard InChI is InChI=1S/C11H10ClF4NO4S/c12-5-9(18)17-7-1-3-8(4-2-7)22(19,20)21-6-11(15,16)10(13)14/h1-4,10H,5-6H2,(H,17,18). The molecule has 1 aromatic rings. The molecular weight excluding hydrogens is 354 g/mol. The molecule has 1 rings (SSSR count). The van der Waals surface area contributed by atoms with Crippen molar-refractivity contribution in [3.05, 3.63) is 24.3 Å². The van der Waals surface area contributed by atoms with Crippen molar-refractivity contribution in [2.75, 3.05) is 17.8 Å². The van der Waals surface area contributed by atoms with Gasteiger partial charge < -0.3 is 5.32 Å².